The molecule has 1 fully saturated rings. The minimum Gasteiger partial charge on any atom is -0.353 e. The molecule has 1 saturated heterocycles. The standard InChI is InChI=1S/C19H18F4N8/c20-13-1-2-15-14(11-13)24-12-30(15)10-7-28-5-8-29(9-6-28)17-4-3-16-25-26-18(19(21,22)23)31(16)27-17/h1-4,11-12H,5-10H2. The van der Waals surface area contributed by atoms with Crippen LogP contribution in [0.2, 0.25) is 0 Å². The van der Waals surface area contributed by atoms with Crippen molar-refractivity contribution in [1.29, 1.82) is 0 Å². The number of rotatable bonds is 4. The molecule has 0 spiro atoms. The second kappa shape index (κ2) is 7.45. The van der Waals surface area contributed by atoms with Crippen LogP contribution in [0.4, 0.5) is 23.4 Å². The van der Waals surface area contributed by atoms with Crippen LogP contribution in [0.25, 0.3) is 16.7 Å². The van der Waals surface area contributed by atoms with Gasteiger partial charge in [-0.1, -0.05) is 0 Å². The molecule has 1 aliphatic rings. The zero-order valence-electron chi connectivity index (χ0n) is 16.3. The highest BCUT2D eigenvalue weighted by Gasteiger charge is 2.37. The number of hydrogen-bond donors (Lipinski definition) is 0. The first-order valence-corrected chi connectivity index (χ1v) is 9.76. The number of imidazole rings is 1. The van der Waals surface area contributed by atoms with Crippen LogP contribution < -0.4 is 4.90 Å². The predicted octanol–water partition coefficient (Wildman–Crippen LogP) is 2.45. The first-order chi connectivity index (χ1) is 14.9. The molecule has 0 unspecified atom stereocenters. The van der Waals surface area contributed by atoms with E-state index in [0.717, 1.165) is 29.7 Å². The Balaban J connectivity index is 1.23. The topological polar surface area (TPSA) is 67.4 Å². The van der Waals surface area contributed by atoms with E-state index in [9.17, 15) is 17.6 Å². The zero-order valence-corrected chi connectivity index (χ0v) is 16.3. The monoisotopic (exact) mass is 434 g/mol. The summed E-state index contributed by atoms with van der Waals surface area (Å²) in [5.74, 6) is -0.981. The molecule has 3 aromatic heterocycles. The average Bonchev–Trinajstić information content (AvgIpc) is 3.35. The van der Waals surface area contributed by atoms with Crippen molar-refractivity contribution in [2.45, 2.75) is 12.7 Å². The molecule has 162 valence electrons. The maximum Gasteiger partial charge on any atom is 0.453 e. The van der Waals surface area contributed by atoms with E-state index in [1.165, 1.54) is 18.2 Å². The average molecular weight is 434 g/mol. The highest BCUT2D eigenvalue weighted by molar-refractivity contribution is 5.75. The van der Waals surface area contributed by atoms with Gasteiger partial charge in [-0.25, -0.2) is 9.37 Å². The van der Waals surface area contributed by atoms with E-state index in [1.807, 2.05) is 9.47 Å². The van der Waals surface area contributed by atoms with E-state index in [-0.39, 0.29) is 11.5 Å². The van der Waals surface area contributed by atoms with Crippen molar-refractivity contribution in [3.8, 4) is 0 Å². The van der Waals surface area contributed by atoms with Crippen molar-refractivity contribution in [2.24, 2.45) is 0 Å². The molecule has 0 radical (unpaired) electrons. The third-order valence-electron chi connectivity index (χ3n) is 5.44. The smallest absolute Gasteiger partial charge is 0.353 e. The van der Waals surface area contributed by atoms with Crippen LogP contribution in [0.3, 0.4) is 0 Å². The minimum absolute atomic E-state index is 0.0575. The van der Waals surface area contributed by atoms with E-state index in [2.05, 4.69) is 25.2 Å². The maximum absolute atomic E-state index is 13.3. The molecule has 0 aliphatic carbocycles. The summed E-state index contributed by atoms with van der Waals surface area (Å²) in [5, 5.41) is 10.9. The first-order valence-electron chi connectivity index (χ1n) is 9.76. The lowest BCUT2D eigenvalue weighted by atomic mass is 10.3. The molecule has 8 nitrogen and oxygen atoms in total. The molecule has 1 aliphatic heterocycles. The third kappa shape index (κ3) is 3.78. The molecule has 0 bridgehead atoms. The molecule has 31 heavy (non-hydrogen) atoms. The lowest BCUT2D eigenvalue weighted by Gasteiger charge is -2.35. The Hall–Kier alpha value is -3.28. The summed E-state index contributed by atoms with van der Waals surface area (Å²) in [5.41, 5.74) is 1.56. The quantitative estimate of drug-likeness (QED) is 0.460. The summed E-state index contributed by atoms with van der Waals surface area (Å²) in [6.45, 7) is 4.26. The fourth-order valence-corrected chi connectivity index (χ4v) is 3.79. The number of halogens is 4. The van der Waals surface area contributed by atoms with Gasteiger partial charge in [0.15, 0.2) is 5.65 Å². The lowest BCUT2D eigenvalue weighted by Crippen LogP contribution is -2.47. The molecule has 4 aromatic rings. The molecule has 0 atom stereocenters. The van der Waals surface area contributed by atoms with Crippen molar-refractivity contribution in [3.63, 3.8) is 0 Å². The van der Waals surface area contributed by atoms with E-state index in [0.29, 0.717) is 31.0 Å². The molecule has 0 N–H and O–H groups in total. The number of hydrogen-bond acceptors (Lipinski definition) is 6. The summed E-state index contributed by atoms with van der Waals surface area (Å²) in [7, 11) is 0. The van der Waals surface area contributed by atoms with Gasteiger partial charge in [0.25, 0.3) is 5.82 Å². The van der Waals surface area contributed by atoms with Crippen LogP contribution in [-0.4, -0.2) is 67.0 Å². The molecule has 0 saturated carbocycles. The highest BCUT2D eigenvalue weighted by atomic mass is 19.4. The fourth-order valence-electron chi connectivity index (χ4n) is 3.79. The van der Waals surface area contributed by atoms with Gasteiger partial charge in [-0.2, -0.15) is 17.7 Å². The van der Waals surface area contributed by atoms with Crippen LogP contribution >= 0.6 is 0 Å². The number of benzene rings is 1. The second-order valence-electron chi connectivity index (χ2n) is 7.38. The fraction of sp³-hybridized carbons (Fsp3) is 0.368. The summed E-state index contributed by atoms with van der Waals surface area (Å²) in [6.07, 6.45) is -2.91. The Morgan fingerprint density at radius 3 is 2.52 bits per heavy atom. The Labute approximate surface area is 173 Å². The summed E-state index contributed by atoms with van der Waals surface area (Å²) in [4.78, 5) is 8.45. The molecular formula is C19H18F4N8. The molecular weight excluding hydrogens is 416 g/mol. The van der Waals surface area contributed by atoms with Gasteiger partial charge in [-0.05, 0) is 24.3 Å². The molecule has 1 aromatic carbocycles. The van der Waals surface area contributed by atoms with Gasteiger partial charge in [0.2, 0.25) is 0 Å². The number of fused-ring (bicyclic) bond motifs is 2. The van der Waals surface area contributed by atoms with Gasteiger partial charge in [-0.15, -0.1) is 15.3 Å². The van der Waals surface area contributed by atoms with E-state index in [1.54, 1.807) is 18.5 Å². The van der Waals surface area contributed by atoms with Crippen molar-refractivity contribution in [1.82, 2.24) is 34.3 Å². The maximum atomic E-state index is 13.3. The molecule has 4 heterocycles. The largest absolute Gasteiger partial charge is 0.453 e. The van der Waals surface area contributed by atoms with Crippen LogP contribution in [-0.2, 0) is 12.7 Å². The number of anilines is 1. The van der Waals surface area contributed by atoms with Crippen LogP contribution in [0.5, 0.6) is 0 Å². The second-order valence-corrected chi connectivity index (χ2v) is 7.38. The summed E-state index contributed by atoms with van der Waals surface area (Å²) >= 11 is 0. The van der Waals surface area contributed by atoms with Crippen molar-refractivity contribution in [3.05, 3.63) is 48.3 Å². The summed E-state index contributed by atoms with van der Waals surface area (Å²) in [6, 6.07) is 7.70. The van der Waals surface area contributed by atoms with Gasteiger partial charge in [0.1, 0.15) is 11.6 Å². The van der Waals surface area contributed by atoms with Crippen molar-refractivity contribution >= 4 is 22.5 Å². The normalized spacial score (nSPS) is 15.9. The van der Waals surface area contributed by atoms with Gasteiger partial charge in [0.05, 0.1) is 17.4 Å². The molecule has 5 rings (SSSR count). The van der Waals surface area contributed by atoms with E-state index < -0.39 is 12.0 Å². The van der Waals surface area contributed by atoms with E-state index in [4.69, 9.17) is 0 Å². The zero-order chi connectivity index (χ0) is 21.6. The Morgan fingerprint density at radius 2 is 1.74 bits per heavy atom. The first kappa shape index (κ1) is 19.7. The van der Waals surface area contributed by atoms with Crippen molar-refractivity contribution < 1.29 is 17.6 Å². The van der Waals surface area contributed by atoms with Gasteiger partial charge in [0, 0.05) is 45.3 Å². The molecule has 12 heteroatoms. The Kier molecular flexibility index (Phi) is 4.73. The third-order valence-corrected chi connectivity index (χ3v) is 5.44. The van der Waals surface area contributed by atoms with Gasteiger partial charge in [-0.3, -0.25) is 4.90 Å². The number of alkyl halides is 3. The van der Waals surface area contributed by atoms with Crippen LogP contribution in [0.1, 0.15) is 5.82 Å². The van der Waals surface area contributed by atoms with Gasteiger partial charge >= 0.3 is 6.18 Å². The number of aromatic nitrogens is 6. The SMILES string of the molecule is Fc1ccc2c(c1)ncn2CCN1CCN(c2ccc3nnc(C(F)(F)F)n3n2)CC1. The number of piperazine rings is 1. The molecule has 0 amide bonds. The Bertz CT molecular complexity index is 1220. The van der Waals surface area contributed by atoms with Crippen LogP contribution in [0.15, 0.2) is 36.7 Å². The summed E-state index contributed by atoms with van der Waals surface area (Å²) < 4.78 is 55.3. The van der Waals surface area contributed by atoms with Crippen molar-refractivity contribution in [2.75, 3.05) is 37.6 Å². The van der Waals surface area contributed by atoms with E-state index >= 15 is 0 Å². The Morgan fingerprint density at radius 1 is 0.935 bits per heavy atom. The lowest BCUT2D eigenvalue weighted by molar-refractivity contribution is -0.146. The predicted molar refractivity (Wildman–Crippen MR) is 104 cm³/mol. The highest BCUT2D eigenvalue weighted by Crippen LogP contribution is 2.28. The minimum atomic E-state index is -4.62. The van der Waals surface area contributed by atoms with Gasteiger partial charge < -0.3 is 9.47 Å². The number of nitrogens with zero attached hydrogens (tertiary/aromatic N) is 8. The van der Waals surface area contributed by atoms with Crippen LogP contribution in [0, 0.1) is 5.82 Å².